The van der Waals surface area contributed by atoms with Crippen molar-refractivity contribution in [3.8, 4) is 0 Å². The number of rotatable bonds is 3. The second-order valence-electron chi connectivity index (χ2n) is 8.38. The molecule has 1 aromatic rings. The quantitative estimate of drug-likeness (QED) is 0.402. The van der Waals surface area contributed by atoms with Crippen LogP contribution in [0.1, 0.15) is 27.2 Å². The maximum atomic E-state index is 13.2. The van der Waals surface area contributed by atoms with Crippen LogP contribution in [0, 0.1) is 35.5 Å². The van der Waals surface area contributed by atoms with Crippen LogP contribution in [0.15, 0.2) is 40.4 Å². The average Bonchev–Trinajstić information content (AvgIpc) is 2.88. The third-order valence-electron chi connectivity index (χ3n) is 6.46. The highest BCUT2D eigenvalue weighted by molar-refractivity contribution is 9.10. The standard InChI is InChI=1S/C21H24BrN3O2S/c1-10(2)14-9-15-11(3)7-16(14)18-17(15)19(26)25(20(18)27)24-21(28)23-13-6-4-5-12(22)8-13/h4-8,10,14-18H,9H2,1-3H3,(H2,23,24,28). The Kier molecular flexibility index (Phi) is 5.08. The number of carbonyl (C=O) groups excluding carboxylic acids is 2. The van der Waals surface area contributed by atoms with Gasteiger partial charge in [0, 0.05) is 10.2 Å². The number of imide groups is 1. The fourth-order valence-corrected chi connectivity index (χ4v) is 5.79. The molecule has 2 N–H and O–H groups in total. The first-order valence-corrected chi connectivity index (χ1v) is 10.9. The van der Waals surface area contributed by atoms with Crippen LogP contribution in [-0.2, 0) is 9.59 Å². The minimum atomic E-state index is -0.275. The van der Waals surface area contributed by atoms with Gasteiger partial charge in [0.05, 0.1) is 11.8 Å². The molecule has 5 rings (SSSR count). The highest BCUT2D eigenvalue weighted by atomic mass is 79.9. The van der Waals surface area contributed by atoms with E-state index in [2.05, 4.69) is 53.5 Å². The molecule has 5 nitrogen and oxygen atoms in total. The van der Waals surface area contributed by atoms with Crippen molar-refractivity contribution in [2.45, 2.75) is 27.2 Å². The van der Waals surface area contributed by atoms with E-state index in [1.807, 2.05) is 24.3 Å². The number of thiocarbonyl (C=S) groups is 1. The van der Waals surface area contributed by atoms with Gasteiger partial charge < -0.3 is 5.32 Å². The molecule has 28 heavy (non-hydrogen) atoms. The summed E-state index contributed by atoms with van der Waals surface area (Å²) in [4.78, 5) is 26.3. The zero-order chi connectivity index (χ0) is 20.2. The fourth-order valence-electron chi connectivity index (χ4n) is 5.18. The molecule has 0 spiro atoms. The van der Waals surface area contributed by atoms with Crippen LogP contribution < -0.4 is 10.7 Å². The lowest BCUT2D eigenvalue weighted by molar-refractivity contribution is -0.142. The number of hydrogen-bond acceptors (Lipinski definition) is 3. The van der Waals surface area contributed by atoms with Gasteiger partial charge in [-0.1, -0.05) is 47.5 Å². The summed E-state index contributed by atoms with van der Waals surface area (Å²) < 4.78 is 0.914. The molecule has 1 aromatic carbocycles. The molecule has 2 amide bonds. The molecule has 5 atom stereocenters. The van der Waals surface area contributed by atoms with Crippen molar-refractivity contribution in [1.29, 1.82) is 0 Å². The number of benzene rings is 1. The lowest BCUT2D eigenvalue weighted by Crippen LogP contribution is -2.48. The van der Waals surface area contributed by atoms with Crippen molar-refractivity contribution in [3.63, 3.8) is 0 Å². The summed E-state index contributed by atoms with van der Waals surface area (Å²) in [7, 11) is 0. The number of hydrogen-bond donors (Lipinski definition) is 2. The van der Waals surface area contributed by atoms with Gasteiger partial charge in [0.25, 0.3) is 11.8 Å². The van der Waals surface area contributed by atoms with E-state index in [-0.39, 0.29) is 40.6 Å². The van der Waals surface area contributed by atoms with Gasteiger partial charge in [0.15, 0.2) is 5.11 Å². The molecule has 5 unspecified atom stereocenters. The summed E-state index contributed by atoms with van der Waals surface area (Å²) in [6.07, 6.45) is 3.23. The number of halogens is 1. The van der Waals surface area contributed by atoms with Gasteiger partial charge in [-0.2, -0.15) is 5.01 Å². The van der Waals surface area contributed by atoms with Crippen LogP contribution in [0.25, 0.3) is 0 Å². The summed E-state index contributed by atoms with van der Waals surface area (Å²) in [5.41, 5.74) is 4.88. The lowest BCUT2D eigenvalue weighted by atomic mass is 9.54. The zero-order valence-electron chi connectivity index (χ0n) is 16.1. The number of anilines is 1. The minimum absolute atomic E-state index is 0.129. The van der Waals surface area contributed by atoms with Crippen molar-refractivity contribution in [1.82, 2.24) is 10.4 Å². The van der Waals surface area contributed by atoms with E-state index in [1.54, 1.807) is 0 Å². The normalized spacial score (nSPS) is 31.1. The predicted molar refractivity (Wildman–Crippen MR) is 116 cm³/mol. The largest absolute Gasteiger partial charge is 0.331 e. The Bertz CT molecular complexity index is 884. The number of amides is 2. The van der Waals surface area contributed by atoms with Crippen LogP contribution >= 0.6 is 28.1 Å². The van der Waals surface area contributed by atoms with Gasteiger partial charge >= 0.3 is 0 Å². The Labute approximate surface area is 179 Å². The first kappa shape index (κ1) is 19.6. The van der Waals surface area contributed by atoms with Gasteiger partial charge in [0.2, 0.25) is 0 Å². The summed E-state index contributed by atoms with van der Waals surface area (Å²) >= 11 is 8.77. The monoisotopic (exact) mass is 461 g/mol. The van der Waals surface area contributed by atoms with Crippen molar-refractivity contribution >= 4 is 50.8 Å². The Balaban J connectivity index is 1.53. The lowest BCUT2D eigenvalue weighted by Gasteiger charge is -2.48. The van der Waals surface area contributed by atoms with E-state index >= 15 is 0 Å². The number of carbonyl (C=O) groups is 2. The predicted octanol–water partition coefficient (Wildman–Crippen LogP) is 4.12. The highest BCUT2D eigenvalue weighted by Gasteiger charge is 2.61. The van der Waals surface area contributed by atoms with Crippen LogP contribution in [0.3, 0.4) is 0 Å². The van der Waals surface area contributed by atoms with Crippen molar-refractivity contribution in [3.05, 3.63) is 40.4 Å². The van der Waals surface area contributed by atoms with Crippen molar-refractivity contribution < 1.29 is 9.59 Å². The minimum Gasteiger partial charge on any atom is -0.331 e. The summed E-state index contributed by atoms with van der Waals surface area (Å²) in [6.45, 7) is 6.51. The Hall–Kier alpha value is -1.73. The molecular formula is C21H24BrN3O2S. The van der Waals surface area contributed by atoms with Gasteiger partial charge in [0.1, 0.15) is 0 Å². The van der Waals surface area contributed by atoms with Crippen molar-refractivity contribution in [2.75, 3.05) is 5.32 Å². The van der Waals surface area contributed by atoms with Crippen LogP contribution in [0.5, 0.6) is 0 Å². The van der Waals surface area contributed by atoms with Gasteiger partial charge in [-0.15, -0.1) is 0 Å². The molecule has 1 saturated carbocycles. The van der Waals surface area contributed by atoms with Crippen LogP contribution in [-0.4, -0.2) is 21.9 Å². The first-order valence-electron chi connectivity index (χ1n) is 9.67. The number of nitrogens with zero attached hydrogens (tertiary/aromatic N) is 1. The molecule has 1 heterocycles. The number of fused-ring (bicyclic) bond motifs is 1. The molecular weight excluding hydrogens is 438 g/mol. The number of nitrogens with one attached hydrogen (secondary N) is 2. The third-order valence-corrected chi connectivity index (χ3v) is 7.15. The van der Waals surface area contributed by atoms with Gasteiger partial charge in [-0.25, -0.2) is 0 Å². The van der Waals surface area contributed by atoms with E-state index in [0.717, 1.165) is 21.6 Å². The topological polar surface area (TPSA) is 61.4 Å². The van der Waals surface area contributed by atoms with Gasteiger partial charge in [-0.05, 0) is 67.4 Å². The molecule has 0 radical (unpaired) electrons. The number of allylic oxidation sites excluding steroid dienone is 2. The molecule has 3 aliphatic carbocycles. The van der Waals surface area contributed by atoms with E-state index < -0.39 is 0 Å². The van der Waals surface area contributed by atoms with Crippen LogP contribution in [0.2, 0.25) is 0 Å². The average molecular weight is 462 g/mol. The van der Waals surface area contributed by atoms with Crippen LogP contribution in [0.4, 0.5) is 5.69 Å². The second-order valence-corrected chi connectivity index (χ2v) is 9.70. The van der Waals surface area contributed by atoms with E-state index in [1.165, 1.54) is 5.57 Å². The summed E-state index contributed by atoms with van der Waals surface area (Å²) in [5, 5.41) is 4.42. The maximum absolute atomic E-state index is 13.2. The third kappa shape index (κ3) is 3.18. The van der Waals surface area contributed by atoms with Gasteiger partial charge in [-0.3, -0.25) is 15.0 Å². The molecule has 1 aliphatic heterocycles. The molecule has 1 saturated heterocycles. The second kappa shape index (κ2) is 7.26. The molecule has 148 valence electrons. The zero-order valence-corrected chi connectivity index (χ0v) is 18.5. The summed E-state index contributed by atoms with van der Waals surface area (Å²) in [6, 6.07) is 7.54. The molecule has 4 aliphatic rings. The number of hydrazine groups is 1. The SMILES string of the molecule is CC1=CC2C(C(C)C)CC1C1C(=O)N(NC(=S)Nc3cccc(Br)c3)C(=O)C21. The fraction of sp³-hybridized carbons (Fsp3) is 0.476. The summed E-state index contributed by atoms with van der Waals surface area (Å²) in [5.74, 6) is 0.361. The van der Waals surface area contributed by atoms with E-state index in [0.29, 0.717) is 11.8 Å². The first-order chi connectivity index (χ1) is 13.3. The smallest absolute Gasteiger partial charge is 0.252 e. The molecule has 2 bridgehead atoms. The Morgan fingerprint density at radius 3 is 2.64 bits per heavy atom. The van der Waals surface area contributed by atoms with E-state index in [9.17, 15) is 9.59 Å². The Morgan fingerprint density at radius 1 is 1.25 bits per heavy atom. The maximum Gasteiger partial charge on any atom is 0.252 e. The highest BCUT2D eigenvalue weighted by Crippen LogP contribution is 2.56. The molecule has 7 heteroatoms. The van der Waals surface area contributed by atoms with Crippen molar-refractivity contribution in [2.24, 2.45) is 35.5 Å². The molecule has 0 aromatic heterocycles. The van der Waals surface area contributed by atoms with E-state index in [4.69, 9.17) is 12.2 Å². The Morgan fingerprint density at radius 2 is 1.96 bits per heavy atom. The molecule has 2 fully saturated rings.